The average Bonchev–Trinajstić information content (AvgIpc) is 3.53. The van der Waals surface area contributed by atoms with Gasteiger partial charge in [-0.05, 0) is 78.3 Å². The largest absolute Gasteiger partial charge is 0.497 e. The van der Waals surface area contributed by atoms with Crippen LogP contribution >= 0.6 is 11.8 Å². The van der Waals surface area contributed by atoms with Gasteiger partial charge >= 0.3 is 5.97 Å². The molecule has 2 heterocycles. The molecule has 1 amide bonds. The van der Waals surface area contributed by atoms with Crippen LogP contribution in [0.15, 0.2) is 99.2 Å². The van der Waals surface area contributed by atoms with Gasteiger partial charge in [0.1, 0.15) is 17.3 Å². The van der Waals surface area contributed by atoms with E-state index < -0.39 is 5.97 Å². The van der Waals surface area contributed by atoms with Crippen molar-refractivity contribution in [3.8, 4) is 17.1 Å². The normalized spacial score (nSPS) is 15.3. The summed E-state index contributed by atoms with van der Waals surface area (Å²) in [5, 5.41) is 0.592. The number of thioether (sulfide) groups is 1. The van der Waals surface area contributed by atoms with Crippen molar-refractivity contribution >= 4 is 40.6 Å². The van der Waals surface area contributed by atoms with E-state index in [1.165, 1.54) is 18.9 Å². The van der Waals surface area contributed by atoms with Crippen LogP contribution in [-0.2, 0) is 16.1 Å². The Kier molecular flexibility index (Phi) is 7.65. The fourth-order valence-electron chi connectivity index (χ4n) is 4.15. The molecule has 5 rings (SSSR count). The summed E-state index contributed by atoms with van der Waals surface area (Å²) in [4.78, 5) is 32.3. The fraction of sp³-hybridized carbons (Fsp3) is 0.129. The van der Waals surface area contributed by atoms with E-state index in [1.807, 2.05) is 79.7 Å². The third kappa shape index (κ3) is 5.81. The Balaban J connectivity index is 1.43. The van der Waals surface area contributed by atoms with Crippen molar-refractivity contribution in [1.82, 2.24) is 4.90 Å². The van der Waals surface area contributed by atoms with Crippen molar-refractivity contribution in [3.05, 3.63) is 112 Å². The highest BCUT2D eigenvalue weighted by Crippen LogP contribution is 2.36. The summed E-state index contributed by atoms with van der Waals surface area (Å²) in [6.07, 6.45) is 1.74. The molecule has 1 aliphatic heterocycles. The van der Waals surface area contributed by atoms with Crippen LogP contribution in [0.3, 0.4) is 0 Å². The molecule has 0 bridgehead atoms. The molecule has 0 unspecified atom stereocenters. The predicted molar refractivity (Wildman–Crippen MR) is 153 cm³/mol. The number of benzene rings is 3. The molecule has 0 atom stereocenters. The van der Waals surface area contributed by atoms with Gasteiger partial charge < -0.3 is 13.9 Å². The van der Waals surface area contributed by atoms with Gasteiger partial charge in [0.05, 0.1) is 36.9 Å². The lowest BCUT2D eigenvalue weighted by Gasteiger charge is -2.16. The number of carbonyl (C=O) groups is 2. The Bertz CT molecular complexity index is 1570. The lowest BCUT2D eigenvalue weighted by atomic mass is 10.0. The maximum Gasteiger partial charge on any atom is 0.337 e. The van der Waals surface area contributed by atoms with Crippen LogP contribution in [0.25, 0.3) is 17.4 Å². The molecule has 4 aromatic rings. The zero-order valence-corrected chi connectivity index (χ0v) is 22.5. The van der Waals surface area contributed by atoms with Gasteiger partial charge in [-0.15, -0.1) is 0 Å². The van der Waals surface area contributed by atoms with E-state index in [1.54, 1.807) is 30.2 Å². The molecule has 1 saturated heterocycles. The summed E-state index contributed by atoms with van der Waals surface area (Å²) in [7, 11) is 2.98. The van der Waals surface area contributed by atoms with Gasteiger partial charge in [-0.2, -0.15) is 0 Å². The molecular weight excluding hydrogens is 512 g/mol. The van der Waals surface area contributed by atoms with E-state index in [0.717, 1.165) is 28.1 Å². The molecule has 1 aromatic heterocycles. The zero-order valence-electron chi connectivity index (χ0n) is 21.7. The van der Waals surface area contributed by atoms with Gasteiger partial charge in [0.2, 0.25) is 0 Å². The number of hydrogen-bond acceptors (Lipinski definition) is 7. The maximum atomic E-state index is 13.5. The maximum absolute atomic E-state index is 13.5. The number of hydrogen-bond donors (Lipinski definition) is 0. The molecule has 196 valence electrons. The number of furan rings is 1. The van der Waals surface area contributed by atoms with Gasteiger partial charge in [0.15, 0.2) is 5.17 Å². The number of rotatable bonds is 7. The Morgan fingerprint density at radius 1 is 1.00 bits per heavy atom. The second-order valence-electron chi connectivity index (χ2n) is 8.80. The number of amides is 1. The van der Waals surface area contributed by atoms with E-state index in [9.17, 15) is 9.59 Å². The van der Waals surface area contributed by atoms with Crippen molar-refractivity contribution in [2.24, 2.45) is 4.99 Å². The average molecular weight is 539 g/mol. The summed E-state index contributed by atoms with van der Waals surface area (Å²) in [5.74, 6) is 1.39. The number of nitrogens with zero attached hydrogens (tertiary/aromatic N) is 2. The lowest BCUT2D eigenvalue weighted by molar-refractivity contribution is -0.122. The van der Waals surface area contributed by atoms with Crippen LogP contribution in [0, 0.1) is 6.92 Å². The fourth-order valence-corrected chi connectivity index (χ4v) is 5.12. The minimum atomic E-state index is -0.390. The summed E-state index contributed by atoms with van der Waals surface area (Å²) in [6, 6.07) is 26.1. The number of amidine groups is 1. The highest BCUT2D eigenvalue weighted by Gasteiger charge is 2.34. The van der Waals surface area contributed by atoms with Crippen molar-refractivity contribution in [1.29, 1.82) is 0 Å². The van der Waals surface area contributed by atoms with E-state index in [0.29, 0.717) is 33.7 Å². The third-order valence-corrected chi connectivity index (χ3v) is 7.19. The van der Waals surface area contributed by atoms with Crippen LogP contribution in [-0.4, -0.2) is 36.2 Å². The van der Waals surface area contributed by atoms with Crippen LogP contribution in [0.2, 0.25) is 0 Å². The molecule has 0 spiro atoms. The van der Waals surface area contributed by atoms with E-state index in [-0.39, 0.29) is 5.91 Å². The molecule has 0 saturated carbocycles. The molecule has 8 heteroatoms. The molecule has 39 heavy (non-hydrogen) atoms. The molecule has 0 N–H and O–H groups in total. The SMILES string of the molecule is COC(=O)c1ccc(-c2ccc(/C=C3/SC(=Nc4ccccc4)N(Cc4ccc(OC)cc4)C3=O)o2)c(C)c1. The van der Waals surface area contributed by atoms with Gasteiger partial charge in [-0.3, -0.25) is 9.69 Å². The third-order valence-electron chi connectivity index (χ3n) is 6.18. The van der Waals surface area contributed by atoms with Crippen LogP contribution in [0.5, 0.6) is 5.75 Å². The van der Waals surface area contributed by atoms with Crippen molar-refractivity contribution in [2.75, 3.05) is 14.2 Å². The van der Waals surface area contributed by atoms with E-state index in [2.05, 4.69) is 0 Å². The molecule has 7 nitrogen and oxygen atoms in total. The quantitative estimate of drug-likeness (QED) is 0.189. The Labute approximate surface area is 230 Å². The molecule has 3 aromatic carbocycles. The number of esters is 1. The number of ether oxygens (including phenoxy) is 2. The first-order chi connectivity index (χ1) is 18.9. The van der Waals surface area contributed by atoms with Crippen molar-refractivity contribution in [3.63, 3.8) is 0 Å². The number of aryl methyl sites for hydroxylation is 1. The zero-order chi connectivity index (χ0) is 27.4. The summed E-state index contributed by atoms with van der Waals surface area (Å²) >= 11 is 1.31. The molecule has 1 fully saturated rings. The minimum absolute atomic E-state index is 0.151. The minimum Gasteiger partial charge on any atom is -0.497 e. The highest BCUT2D eigenvalue weighted by molar-refractivity contribution is 8.18. The monoisotopic (exact) mass is 538 g/mol. The topological polar surface area (TPSA) is 81.3 Å². The highest BCUT2D eigenvalue weighted by atomic mass is 32.2. The van der Waals surface area contributed by atoms with Crippen molar-refractivity contribution < 1.29 is 23.5 Å². The van der Waals surface area contributed by atoms with E-state index >= 15 is 0 Å². The summed E-state index contributed by atoms with van der Waals surface area (Å²) < 4.78 is 16.2. The number of methoxy groups -OCH3 is 2. The predicted octanol–water partition coefficient (Wildman–Crippen LogP) is 6.85. The number of carbonyl (C=O) groups excluding carboxylic acids is 2. The first-order valence-corrected chi connectivity index (χ1v) is 13.0. The van der Waals surface area contributed by atoms with E-state index in [4.69, 9.17) is 18.9 Å². The van der Waals surface area contributed by atoms with Gasteiger partial charge in [-0.25, -0.2) is 9.79 Å². The standard InChI is InChI=1S/C31H26N2O5S/c1-20-17-22(30(35)37-3)11-15-26(20)27-16-14-25(38-27)18-28-29(34)33(19-21-9-12-24(36-2)13-10-21)31(39-28)32-23-7-5-4-6-8-23/h4-18H,19H2,1-3H3/b28-18+,32-31?. The molecule has 0 aliphatic carbocycles. The summed E-state index contributed by atoms with van der Waals surface area (Å²) in [5.41, 5.74) is 3.92. The Morgan fingerprint density at radius 3 is 2.46 bits per heavy atom. The second kappa shape index (κ2) is 11.4. The van der Waals surface area contributed by atoms with Crippen LogP contribution in [0.4, 0.5) is 5.69 Å². The number of para-hydroxylation sites is 1. The van der Waals surface area contributed by atoms with Crippen molar-refractivity contribution in [2.45, 2.75) is 13.5 Å². The molecular formula is C31H26N2O5S. The first kappa shape index (κ1) is 26.1. The Hall–Kier alpha value is -4.56. The van der Waals surface area contributed by atoms with Gasteiger partial charge in [0, 0.05) is 11.6 Å². The smallest absolute Gasteiger partial charge is 0.337 e. The van der Waals surface area contributed by atoms with Crippen LogP contribution in [0.1, 0.15) is 27.2 Å². The van der Waals surface area contributed by atoms with Gasteiger partial charge in [0.25, 0.3) is 5.91 Å². The molecule has 1 aliphatic rings. The first-order valence-electron chi connectivity index (χ1n) is 12.2. The Morgan fingerprint density at radius 2 is 1.77 bits per heavy atom. The van der Waals surface area contributed by atoms with Crippen LogP contribution < -0.4 is 4.74 Å². The summed E-state index contributed by atoms with van der Waals surface area (Å²) in [6.45, 7) is 2.27. The number of aliphatic imine (C=N–C) groups is 1. The molecule has 0 radical (unpaired) electrons. The second-order valence-corrected chi connectivity index (χ2v) is 9.81. The lowest BCUT2D eigenvalue weighted by Crippen LogP contribution is -2.28. The van der Waals surface area contributed by atoms with Gasteiger partial charge in [-0.1, -0.05) is 36.4 Å².